The van der Waals surface area contributed by atoms with Crippen molar-refractivity contribution in [2.75, 3.05) is 19.0 Å². The first-order chi connectivity index (χ1) is 7.27. The summed E-state index contributed by atoms with van der Waals surface area (Å²) in [6.07, 6.45) is 2.32. The second-order valence-electron chi connectivity index (χ2n) is 2.94. The average Bonchev–Trinajstić information content (AvgIpc) is 2.27. The Kier molecular flexibility index (Phi) is 4.56. The number of carbonyl (C=O) groups excluding carboxylic acids is 1. The lowest BCUT2D eigenvalue weighted by atomic mass is 10.3. The molecular formula is C10H14N2O3. The summed E-state index contributed by atoms with van der Waals surface area (Å²) in [5, 5.41) is 11.2. The van der Waals surface area contributed by atoms with Gasteiger partial charge >= 0.3 is 0 Å². The van der Waals surface area contributed by atoms with E-state index in [1.54, 1.807) is 18.3 Å². The summed E-state index contributed by atoms with van der Waals surface area (Å²) in [4.78, 5) is 15.3. The number of rotatable bonds is 5. The lowest BCUT2D eigenvalue weighted by Crippen LogP contribution is -2.12. The zero-order valence-electron chi connectivity index (χ0n) is 8.56. The van der Waals surface area contributed by atoms with Crippen LogP contribution in [0.1, 0.15) is 12.8 Å². The molecule has 0 aliphatic heterocycles. The van der Waals surface area contributed by atoms with Gasteiger partial charge in [-0.05, 0) is 18.6 Å². The molecule has 0 aliphatic carbocycles. The maximum absolute atomic E-state index is 11.3. The molecule has 2 N–H and O–H groups in total. The highest BCUT2D eigenvalue weighted by Crippen LogP contribution is 2.19. The Bertz CT molecular complexity index is 328. The van der Waals surface area contributed by atoms with Crippen molar-refractivity contribution in [3.63, 3.8) is 0 Å². The van der Waals surface area contributed by atoms with E-state index in [2.05, 4.69) is 10.3 Å². The minimum Gasteiger partial charge on any atom is -0.480 e. The fourth-order valence-electron chi connectivity index (χ4n) is 1.10. The molecule has 15 heavy (non-hydrogen) atoms. The Morgan fingerprint density at radius 2 is 2.47 bits per heavy atom. The first-order valence-corrected chi connectivity index (χ1v) is 4.67. The molecule has 0 spiro atoms. The molecule has 5 heteroatoms. The number of hydrogen-bond acceptors (Lipinski definition) is 4. The fraction of sp³-hybridized carbons (Fsp3) is 0.400. The van der Waals surface area contributed by atoms with Crippen LogP contribution in [0.3, 0.4) is 0 Å². The van der Waals surface area contributed by atoms with E-state index in [0.29, 0.717) is 18.0 Å². The Morgan fingerprint density at radius 3 is 3.13 bits per heavy atom. The molecule has 1 amide bonds. The predicted molar refractivity (Wildman–Crippen MR) is 55.7 cm³/mol. The first-order valence-electron chi connectivity index (χ1n) is 4.67. The maximum atomic E-state index is 11.3. The molecule has 0 saturated carbocycles. The third-order valence-corrected chi connectivity index (χ3v) is 1.80. The van der Waals surface area contributed by atoms with Gasteiger partial charge < -0.3 is 15.2 Å². The summed E-state index contributed by atoms with van der Waals surface area (Å²) >= 11 is 0. The van der Waals surface area contributed by atoms with Gasteiger partial charge in [0, 0.05) is 19.2 Å². The average molecular weight is 210 g/mol. The fourth-order valence-corrected chi connectivity index (χ4v) is 1.10. The zero-order chi connectivity index (χ0) is 11.1. The highest BCUT2D eigenvalue weighted by atomic mass is 16.5. The van der Waals surface area contributed by atoms with Crippen LogP contribution in [0.15, 0.2) is 18.3 Å². The molecule has 0 unspecified atom stereocenters. The van der Waals surface area contributed by atoms with Crippen molar-refractivity contribution in [1.29, 1.82) is 0 Å². The van der Waals surface area contributed by atoms with Gasteiger partial charge in [-0.3, -0.25) is 4.79 Å². The number of amides is 1. The normalized spacial score (nSPS) is 9.73. The molecular weight excluding hydrogens is 196 g/mol. The molecule has 1 heterocycles. The number of anilines is 1. The molecule has 1 aromatic rings. The van der Waals surface area contributed by atoms with Crippen LogP contribution in [0.4, 0.5) is 5.69 Å². The number of carbonyl (C=O) groups is 1. The number of aromatic nitrogens is 1. The molecule has 1 aromatic heterocycles. The van der Waals surface area contributed by atoms with Gasteiger partial charge in [-0.1, -0.05) is 0 Å². The van der Waals surface area contributed by atoms with E-state index >= 15 is 0 Å². The van der Waals surface area contributed by atoms with Gasteiger partial charge in [-0.15, -0.1) is 0 Å². The van der Waals surface area contributed by atoms with Crippen LogP contribution >= 0.6 is 0 Å². The van der Waals surface area contributed by atoms with Crippen LogP contribution in [-0.2, 0) is 4.79 Å². The van der Waals surface area contributed by atoms with E-state index in [-0.39, 0.29) is 18.9 Å². The molecule has 0 fully saturated rings. The van der Waals surface area contributed by atoms with Crippen molar-refractivity contribution in [2.45, 2.75) is 12.8 Å². The van der Waals surface area contributed by atoms with Crippen LogP contribution < -0.4 is 10.1 Å². The first kappa shape index (κ1) is 11.5. The van der Waals surface area contributed by atoms with Crippen LogP contribution in [-0.4, -0.2) is 29.7 Å². The highest BCUT2D eigenvalue weighted by Gasteiger charge is 2.06. The Morgan fingerprint density at radius 1 is 1.67 bits per heavy atom. The molecule has 0 aromatic carbocycles. The molecule has 0 bridgehead atoms. The van der Waals surface area contributed by atoms with Crippen LogP contribution in [0, 0.1) is 0 Å². The summed E-state index contributed by atoms with van der Waals surface area (Å²) in [5.74, 6) is 0.227. The standard InChI is InChI=1S/C10H14N2O3/c1-15-10-8(4-2-6-11-10)12-9(14)5-3-7-13/h2,4,6,13H,3,5,7H2,1H3,(H,12,14). The van der Waals surface area contributed by atoms with Crippen molar-refractivity contribution in [3.05, 3.63) is 18.3 Å². The van der Waals surface area contributed by atoms with E-state index in [4.69, 9.17) is 9.84 Å². The van der Waals surface area contributed by atoms with Gasteiger partial charge in [-0.2, -0.15) is 0 Å². The van der Waals surface area contributed by atoms with Gasteiger partial charge in [0.25, 0.3) is 0 Å². The molecule has 1 rings (SSSR count). The number of aliphatic hydroxyl groups excluding tert-OH is 1. The number of ether oxygens (including phenoxy) is 1. The lowest BCUT2D eigenvalue weighted by Gasteiger charge is -2.07. The minimum atomic E-state index is -0.157. The smallest absolute Gasteiger partial charge is 0.237 e. The SMILES string of the molecule is COc1ncccc1NC(=O)CCCO. The summed E-state index contributed by atoms with van der Waals surface area (Å²) in [5.41, 5.74) is 0.544. The van der Waals surface area contributed by atoms with Crippen molar-refractivity contribution < 1.29 is 14.6 Å². The topological polar surface area (TPSA) is 71.5 Å². The monoisotopic (exact) mass is 210 g/mol. The number of hydrogen-bond donors (Lipinski definition) is 2. The summed E-state index contributed by atoms with van der Waals surface area (Å²) in [6, 6.07) is 3.42. The van der Waals surface area contributed by atoms with Crippen LogP contribution in [0.25, 0.3) is 0 Å². The summed E-state index contributed by atoms with van der Waals surface area (Å²) < 4.78 is 4.98. The maximum Gasteiger partial charge on any atom is 0.237 e. The highest BCUT2D eigenvalue weighted by molar-refractivity contribution is 5.91. The van der Waals surface area contributed by atoms with E-state index < -0.39 is 0 Å². The van der Waals surface area contributed by atoms with Gasteiger partial charge in [0.05, 0.1) is 7.11 Å². The van der Waals surface area contributed by atoms with E-state index in [0.717, 1.165) is 0 Å². The zero-order valence-corrected chi connectivity index (χ0v) is 8.56. The molecule has 82 valence electrons. The quantitative estimate of drug-likeness (QED) is 0.754. The largest absolute Gasteiger partial charge is 0.480 e. The number of aliphatic hydroxyl groups is 1. The van der Waals surface area contributed by atoms with Crippen molar-refractivity contribution >= 4 is 11.6 Å². The third kappa shape index (κ3) is 3.55. The Labute approximate surface area is 88.1 Å². The molecule has 0 atom stereocenters. The Balaban J connectivity index is 2.59. The van der Waals surface area contributed by atoms with Gasteiger partial charge in [0.1, 0.15) is 5.69 Å². The predicted octanol–water partition coefficient (Wildman–Crippen LogP) is 0.801. The van der Waals surface area contributed by atoms with Crippen LogP contribution in [0.2, 0.25) is 0 Å². The molecule has 0 aliphatic rings. The van der Waals surface area contributed by atoms with Gasteiger partial charge in [0.15, 0.2) is 0 Å². The molecule has 5 nitrogen and oxygen atoms in total. The molecule has 0 saturated heterocycles. The van der Waals surface area contributed by atoms with Gasteiger partial charge in [0.2, 0.25) is 11.8 Å². The Hall–Kier alpha value is -1.62. The second-order valence-corrected chi connectivity index (χ2v) is 2.94. The number of nitrogens with zero attached hydrogens (tertiary/aromatic N) is 1. The second kappa shape index (κ2) is 5.98. The van der Waals surface area contributed by atoms with Gasteiger partial charge in [-0.25, -0.2) is 4.98 Å². The van der Waals surface area contributed by atoms with E-state index in [1.807, 2.05) is 0 Å². The van der Waals surface area contributed by atoms with Crippen LogP contribution in [0.5, 0.6) is 5.88 Å². The number of methoxy groups -OCH3 is 1. The van der Waals surface area contributed by atoms with E-state index in [1.165, 1.54) is 7.11 Å². The van der Waals surface area contributed by atoms with E-state index in [9.17, 15) is 4.79 Å². The third-order valence-electron chi connectivity index (χ3n) is 1.80. The number of nitrogens with one attached hydrogen (secondary N) is 1. The van der Waals surface area contributed by atoms with Crippen molar-refractivity contribution in [2.24, 2.45) is 0 Å². The lowest BCUT2D eigenvalue weighted by molar-refractivity contribution is -0.116. The minimum absolute atomic E-state index is 0.0115. The molecule has 0 radical (unpaired) electrons. The summed E-state index contributed by atoms with van der Waals surface area (Å²) in [7, 11) is 1.49. The summed E-state index contributed by atoms with van der Waals surface area (Å²) in [6.45, 7) is 0.0115. The van der Waals surface area contributed by atoms with Crippen molar-refractivity contribution in [1.82, 2.24) is 4.98 Å². The number of pyridine rings is 1. The van der Waals surface area contributed by atoms with Crippen molar-refractivity contribution in [3.8, 4) is 5.88 Å².